The highest BCUT2D eigenvalue weighted by atomic mass is 16.5. The lowest BCUT2D eigenvalue weighted by atomic mass is 10.0. The van der Waals surface area contributed by atoms with E-state index in [9.17, 15) is 4.79 Å². The molecule has 0 N–H and O–H groups in total. The van der Waals surface area contributed by atoms with Crippen LogP contribution in [0.3, 0.4) is 0 Å². The molecule has 0 aliphatic rings. The van der Waals surface area contributed by atoms with Gasteiger partial charge in [0.2, 0.25) is 0 Å². The highest BCUT2D eigenvalue weighted by Gasteiger charge is 2.05. The molecule has 19 heavy (non-hydrogen) atoms. The van der Waals surface area contributed by atoms with Crippen molar-refractivity contribution in [3.8, 4) is 0 Å². The van der Waals surface area contributed by atoms with E-state index in [0.29, 0.717) is 12.2 Å². The van der Waals surface area contributed by atoms with Crippen LogP contribution in [0.15, 0.2) is 24.3 Å². The molecule has 0 atom stereocenters. The Morgan fingerprint density at radius 1 is 1.00 bits per heavy atom. The topological polar surface area (TPSA) is 26.3 Å². The van der Waals surface area contributed by atoms with Crippen LogP contribution >= 0.6 is 0 Å². The number of carbonyl (C=O) groups is 1. The molecule has 0 aromatic heterocycles. The molecule has 2 nitrogen and oxygen atoms in total. The Balaban J connectivity index is 0.00000154. The maximum Gasteiger partial charge on any atom is 0.338 e. The van der Waals surface area contributed by atoms with E-state index >= 15 is 0 Å². The van der Waals surface area contributed by atoms with Crippen LogP contribution in [0.2, 0.25) is 0 Å². The molecule has 0 radical (unpaired) electrons. The largest absolute Gasteiger partial charge is 0.462 e. The third kappa shape index (κ3) is 7.66. The Labute approximate surface area is 118 Å². The van der Waals surface area contributed by atoms with Crippen LogP contribution in [0.1, 0.15) is 69.3 Å². The number of hydrogen-bond acceptors (Lipinski definition) is 2. The summed E-state index contributed by atoms with van der Waals surface area (Å²) >= 11 is 0. The summed E-state index contributed by atoms with van der Waals surface area (Å²) in [5, 5.41) is 0. The minimum absolute atomic E-state index is 0.231. The summed E-state index contributed by atoms with van der Waals surface area (Å²) in [4.78, 5) is 11.4. The average molecular weight is 264 g/mol. The standard InChI is InChI=1S/C15H22O2.C2H6/c1-3-5-6-7-8-13-9-11-14(12-10-13)15(16)17-4-2;1-2/h9-12H,3-8H2,1-2H3;1-2H3. The van der Waals surface area contributed by atoms with E-state index in [2.05, 4.69) is 6.92 Å². The lowest BCUT2D eigenvalue weighted by Crippen LogP contribution is -2.04. The van der Waals surface area contributed by atoms with Gasteiger partial charge in [0.05, 0.1) is 12.2 Å². The van der Waals surface area contributed by atoms with Gasteiger partial charge in [-0.25, -0.2) is 4.79 Å². The Morgan fingerprint density at radius 3 is 2.16 bits per heavy atom. The molecule has 0 saturated heterocycles. The second kappa shape index (κ2) is 11.8. The number of carbonyl (C=O) groups excluding carboxylic acids is 1. The summed E-state index contributed by atoms with van der Waals surface area (Å²) in [7, 11) is 0. The minimum atomic E-state index is -0.231. The fourth-order valence-corrected chi connectivity index (χ4v) is 1.78. The van der Waals surface area contributed by atoms with Crippen molar-refractivity contribution in [3.05, 3.63) is 35.4 Å². The van der Waals surface area contributed by atoms with Crippen molar-refractivity contribution in [2.24, 2.45) is 0 Å². The molecule has 1 rings (SSSR count). The monoisotopic (exact) mass is 264 g/mol. The minimum Gasteiger partial charge on any atom is -0.462 e. The summed E-state index contributed by atoms with van der Waals surface area (Å²) in [6, 6.07) is 7.76. The van der Waals surface area contributed by atoms with Crippen molar-refractivity contribution in [2.45, 2.75) is 59.8 Å². The number of ether oxygens (including phenoxy) is 1. The van der Waals surface area contributed by atoms with Crippen molar-refractivity contribution in [3.63, 3.8) is 0 Å². The van der Waals surface area contributed by atoms with Gasteiger partial charge < -0.3 is 4.74 Å². The molecule has 0 fully saturated rings. The highest BCUT2D eigenvalue weighted by Crippen LogP contribution is 2.10. The molecule has 0 unspecified atom stereocenters. The predicted octanol–water partition coefficient (Wildman–Crippen LogP) is 5.01. The molecular weight excluding hydrogens is 236 g/mol. The molecule has 108 valence electrons. The molecule has 1 aromatic rings. The van der Waals surface area contributed by atoms with Gasteiger partial charge in [-0.1, -0.05) is 52.2 Å². The van der Waals surface area contributed by atoms with Gasteiger partial charge in [-0.15, -0.1) is 0 Å². The molecule has 1 aromatic carbocycles. The lowest BCUT2D eigenvalue weighted by Gasteiger charge is -2.04. The van der Waals surface area contributed by atoms with Gasteiger partial charge in [-0.3, -0.25) is 0 Å². The van der Waals surface area contributed by atoms with Crippen LogP contribution in [0, 0.1) is 0 Å². The van der Waals surface area contributed by atoms with E-state index in [1.54, 1.807) is 0 Å². The number of rotatable bonds is 7. The summed E-state index contributed by atoms with van der Waals surface area (Å²) in [5.41, 5.74) is 1.94. The van der Waals surface area contributed by atoms with Crippen LogP contribution in [0.5, 0.6) is 0 Å². The average Bonchev–Trinajstić information content (AvgIpc) is 2.47. The van der Waals surface area contributed by atoms with E-state index in [1.165, 1.54) is 31.2 Å². The quantitative estimate of drug-likeness (QED) is 0.511. The van der Waals surface area contributed by atoms with E-state index < -0.39 is 0 Å². The fraction of sp³-hybridized carbons (Fsp3) is 0.588. The highest BCUT2D eigenvalue weighted by molar-refractivity contribution is 5.89. The van der Waals surface area contributed by atoms with Crippen molar-refractivity contribution < 1.29 is 9.53 Å². The van der Waals surface area contributed by atoms with Gasteiger partial charge in [0, 0.05) is 0 Å². The van der Waals surface area contributed by atoms with Gasteiger partial charge in [-0.2, -0.15) is 0 Å². The molecule has 0 heterocycles. The van der Waals surface area contributed by atoms with E-state index in [0.717, 1.165) is 6.42 Å². The molecule has 2 heteroatoms. The summed E-state index contributed by atoms with van der Waals surface area (Å²) in [6.45, 7) is 8.46. The Morgan fingerprint density at radius 2 is 1.63 bits per heavy atom. The first-order chi connectivity index (χ1) is 9.27. The van der Waals surface area contributed by atoms with Crippen LogP contribution in [-0.2, 0) is 11.2 Å². The van der Waals surface area contributed by atoms with Crippen LogP contribution in [0.25, 0.3) is 0 Å². The maximum absolute atomic E-state index is 11.4. The number of aryl methyl sites for hydroxylation is 1. The van der Waals surface area contributed by atoms with E-state index in [4.69, 9.17) is 4.74 Å². The number of hydrogen-bond donors (Lipinski definition) is 0. The normalized spacial score (nSPS) is 9.47. The smallest absolute Gasteiger partial charge is 0.338 e. The van der Waals surface area contributed by atoms with Crippen molar-refractivity contribution in [2.75, 3.05) is 6.61 Å². The third-order valence-electron chi connectivity index (χ3n) is 2.78. The molecule has 0 bridgehead atoms. The number of esters is 1. The first-order valence-corrected chi connectivity index (χ1v) is 7.54. The van der Waals surface area contributed by atoms with Crippen LogP contribution < -0.4 is 0 Å². The zero-order valence-electron chi connectivity index (χ0n) is 12.9. The van der Waals surface area contributed by atoms with Gasteiger partial charge >= 0.3 is 5.97 Å². The molecule has 0 aliphatic carbocycles. The number of unbranched alkanes of at least 4 members (excludes halogenated alkanes) is 3. The van der Waals surface area contributed by atoms with Crippen molar-refractivity contribution in [1.29, 1.82) is 0 Å². The van der Waals surface area contributed by atoms with E-state index in [-0.39, 0.29) is 5.97 Å². The zero-order valence-corrected chi connectivity index (χ0v) is 12.9. The molecule has 0 saturated carbocycles. The van der Waals surface area contributed by atoms with Crippen LogP contribution in [0.4, 0.5) is 0 Å². The van der Waals surface area contributed by atoms with E-state index in [1.807, 2.05) is 45.0 Å². The van der Waals surface area contributed by atoms with Crippen molar-refractivity contribution >= 4 is 5.97 Å². The molecule has 0 amide bonds. The van der Waals surface area contributed by atoms with Gasteiger partial charge in [-0.05, 0) is 37.5 Å². The lowest BCUT2D eigenvalue weighted by molar-refractivity contribution is 0.0526. The first-order valence-electron chi connectivity index (χ1n) is 7.54. The number of benzene rings is 1. The third-order valence-corrected chi connectivity index (χ3v) is 2.78. The maximum atomic E-state index is 11.4. The van der Waals surface area contributed by atoms with Gasteiger partial charge in [0.25, 0.3) is 0 Å². The fourth-order valence-electron chi connectivity index (χ4n) is 1.78. The summed E-state index contributed by atoms with van der Waals surface area (Å²) < 4.78 is 4.94. The van der Waals surface area contributed by atoms with Gasteiger partial charge in [0.1, 0.15) is 0 Å². The molecule has 0 aliphatic heterocycles. The second-order valence-electron chi connectivity index (χ2n) is 4.23. The second-order valence-corrected chi connectivity index (χ2v) is 4.23. The summed E-state index contributed by atoms with van der Waals surface area (Å²) in [6.07, 6.45) is 6.19. The first kappa shape index (κ1) is 17.7. The predicted molar refractivity (Wildman–Crippen MR) is 81.6 cm³/mol. The van der Waals surface area contributed by atoms with Crippen molar-refractivity contribution in [1.82, 2.24) is 0 Å². The van der Waals surface area contributed by atoms with Crippen LogP contribution in [-0.4, -0.2) is 12.6 Å². The SMILES string of the molecule is CC.CCCCCCc1ccc(C(=O)OCC)cc1. The Bertz CT molecular complexity index is 328. The molecular formula is C17H28O2. The summed E-state index contributed by atoms with van der Waals surface area (Å²) in [5.74, 6) is -0.231. The van der Waals surface area contributed by atoms with Gasteiger partial charge in [0.15, 0.2) is 0 Å². The Kier molecular flexibility index (Phi) is 11.0. The zero-order chi connectivity index (χ0) is 14.5. The molecule has 0 spiro atoms. The Hall–Kier alpha value is -1.31.